The fourth-order valence-electron chi connectivity index (χ4n) is 1.10. The van der Waals surface area contributed by atoms with Crippen LogP contribution in [0.25, 0.3) is 0 Å². The molecule has 0 aliphatic carbocycles. The van der Waals surface area contributed by atoms with Crippen LogP contribution in [0.1, 0.15) is 0 Å². The molecule has 0 saturated heterocycles. The van der Waals surface area contributed by atoms with E-state index in [2.05, 4.69) is 27.2 Å². The number of amides is 1. The molecule has 0 unspecified atom stereocenters. The number of hydrogen-bond donors (Lipinski definition) is 1. The molecule has 1 rings (SSSR count). The summed E-state index contributed by atoms with van der Waals surface area (Å²) in [6, 6.07) is 4.69. The van der Waals surface area contributed by atoms with Crippen molar-refractivity contribution in [2.75, 3.05) is 12.3 Å². The molecule has 1 N–H and O–H groups in total. The van der Waals surface area contributed by atoms with Crippen LogP contribution < -0.4 is 5.32 Å². The molecule has 0 atom stereocenters. The summed E-state index contributed by atoms with van der Waals surface area (Å²) in [7, 11) is 0. The van der Waals surface area contributed by atoms with Crippen LogP contribution >= 0.6 is 27.7 Å². The Morgan fingerprint density at radius 2 is 2.33 bits per heavy atom. The molecule has 1 amide bonds. The number of benzene rings is 1. The highest BCUT2D eigenvalue weighted by molar-refractivity contribution is 9.10. The van der Waals surface area contributed by atoms with E-state index >= 15 is 0 Å². The van der Waals surface area contributed by atoms with Crippen molar-refractivity contribution in [1.82, 2.24) is 5.32 Å². The highest BCUT2D eigenvalue weighted by Gasteiger charge is 2.15. The molecule has 5 nitrogen and oxygen atoms in total. The van der Waals surface area contributed by atoms with E-state index in [9.17, 15) is 14.9 Å². The highest BCUT2D eigenvalue weighted by atomic mass is 79.9. The van der Waals surface area contributed by atoms with Gasteiger partial charge in [0.2, 0.25) is 5.91 Å². The Kier molecular flexibility index (Phi) is 5.68. The standard InChI is InChI=1S/C11H9BrN2O3S/c1-2-5-13-11(15)7-18-10-4-3-8(12)6-9(10)14(16)17/h1,3-4,6H,5,7H2,(H,13,15). The number of nitro groups is 1. The lowest BCUT2D eigenvalue weighted by Crippen LogP contribution is -2.25. The molecule has 0 aliphatic heterocycles. The van der Waals surface area contributed by atoms with Crippen LogP contribution in [0.2, 0.25) is 0 Å². The summed E-state index contributed by atoms with van der Waals surface area (Å²) in [5.41, 5.74) is -0.0286. The molecule has 0 saturated carbocycles. The van der Waals surface area contributed by atoms with Gasteiger partial charge in [0.15, 0.2) is 0 Å². The molecule has 7 heteroatoms. The van der Waals surface area contributed by atoms with Crippen molar-refractivity contribution in [2.45, 2.75) is 4.90 Å². The van der Waals surface area contributed by atoms with Crippen molar-refractivity contribution in [3.05, 3.63) is 32.8 Å². The first-order valence-electron chi connectivity index (χ1n) is 4.81. The van der Waals surface area contributed by atoms with Crippen LogP contribution in [0.15, 0.2) is 27.6 Å². The lowest BCUT2D eigenvalue weighted by Gasteiger charge is -2.03. The normalized spacial score (nSPS) is 9.56. The van der Waals surface area contributed by atoms with Crippen molar-refractivity contribution < 1.29 is 9.72 Å². The fourth-order valence-corrected chi connectivity index (χ4v) is 2.28. The Bertz CT molecular complexity index is 514. The molecular formula is C11H9BrN2O3S. The van der Waals surface area contributed by atoms with Crippen LogP contribution in [0.3, 0.4) is 0 Å². The molecule has 0 fully saturated rings. The van der Waals surface area contributed by atoms with E-state index in [0.29, 0.717) is 9.37 Å². The van der Waals surface area contributed by atoms with Gasteiger partial charge < -0.3 is 5.32 Å². The van der Waals surface area contributed by atoms with Crippen molar-refractivity contribution in [3.63, 3.8) is 0 Å². The molecule has 1 aromatic carbocycles. The predicted molar refractivity (Wildman–Crippen MR) is 73.4 cm³/mol. The van der Waals surface area contributed by atoms with Crippen molar-refractivity contribution in [3.8, 4) is 12.3 Å². The van der Waals surface area contributed by atoms with Crippen molar-refractivity contribution >= 4 is 39.3 Å². The molecule has 0 aromatic heterocycles. The first-order chi connectivity index (χ1) is 8.54. The summed E-state index contributed by atoms with van der Waals surface area (Å²) in [6.45, 7) is 0.155. The number of hydrogen-bond acceptors (Lipinski definition) is 4. The summed E-state index contributed by atoms with van der Waals surface area (Å²) < 4.78 is 0.621. The van der Waals surface area contributed by atoms with Crippen LogP contribution in [0, 0.1) is 22.5 Å². The molecule has 0 aliphatic rings. The summed E-state index contributed by atoms with van der Waals surface area (Å²) in [5.74, 6) is 2.11. The van der Waals surface area contributed by atoms with E-state index in [1.54, 1.807) is 12.1 Å². The number of rotatable bonds is 5. The Hall–Kier alpha value is -1.52. The Morgan fingerprint density at radius 1 is 1.61 bits per heavy atom. The van der Waals surface area contributed by atoms with Gasteiger partial charge in [0.1, 0.15) is 0 Å². The first-order valence-corrected chi connectivity index (χ1v) is 6.59. The second kappa shape index (κ2) is 7.03. The molecule has 1 aromatic rings. The van der Waals surface area contributed by atoms with Crippen molar-refractivity contribution in [1.29, 1.82) is 0 Å². The summed E-state index contributed by atoms with van der Waals surface area (Å²) >= 11 is 4.26. The van der Waals surface area contributed by atoms with E-state index in [4.69, 9.17) is 6.42 Å². The second-order valence-corrected chi connectivity index (χ2v) is 5.07. The molecular weight excluding hydrogens is 320 g/mol. The summed E-state index contributed by atoms with van der Waals surface area (Å²) in [5, 5.41) is 13.3. The van der Waals surface area contributed by atoms with Gasteiger partial charge in [0.25, 0.3) is 5.69 Å². The van der Waals surface area contributed by atoms with Crippen LogP contribution in [-0.2, 0) is 4.79 Å². The quantitative estimate of drug-likeness (QED) is 0.389. The number of thioether (sulfide) groups is 1. The second-order valence-electron chi connectivity index (χ2n) is 3.14. The van der Waals surface area contributed by atoms with Crippen molar-refractivity contribution in [2.24, 2.45) is 0 Å². The molecule has 94 valence electrons. The number of terminal acetylenes is 1. The predicted octanol–water partition coefficient (Wildman–Crippen LogP) is 2.20. The van der Waals surface area contributed by atoms with Gasteiger partial charge in [-0.1, -0.05) is 21.9 Å². The van der Waals surface area contributed by atoms with Gasteiger partial charge in [-0.25, -0.2) is 0 Å². The van der Waals surface area contributed by atoms with E-state index in [1.807, 2.05) is 0 Å². The molecule has 0 spiro atoms. The average Bonchev–Trinajstić information content (AvgIpc) is 2.34. The van der Waals surface area contributed by atoms with Crippen LogP contribution in [0.4, 0.5) is 5.69 Å². The lowest BCUT2D eigenvalue weighted by molar-refractivity contribution is -0.387. The largest absolute Gasteiger partial charge is 0.344 e. The average molecular weight is 329 g/mol. The first kappa shape index (κ1) is 14.5. The minimum absolute atomic E-state index is 0.0286. The topological polar surface area (TPSA) is 72.2 Å². The number of carbonyl (C=O) groups is 1. The Morgan fingerprint density at radius 3 is 2.94 bits per heavy atom. The van der Waals surface area contributed by atoms with Gasteiger partial charge in [-0.15, -0.1) is 18.2 Å². The van der Waals surface area contributed by atoms with Gasteiger partial charge in [-0.2, -0.15) is 0 Å². The fraction of sp³-hybridized carbons (Fsp3) is 0.182. The molecule has 0 heterocycles. The third-order valence-corrected chi connectivity index (χ3v) is 3.42. The number of nitro benzene ring substituents is 1. The molecule has 18 heavy (non-hydrogen) atoms. The highest BCUT2D eigenvalue weighted by Crippen LogP contribution is 2.31. The maximum Gasteiger partial charge on any atom is 0.284 e. The van der Waals surface area contributed by atoms with Gasteiger partial charge in [-0.05, 0) is 12.1 Å². The molecule has 0 radical (unpaired) electrons. The Balaban J connectivity index is 2.70. The smallest absolute Gasteiger partial charge is 0.284 e. The number of carbonyl (C=O) groups excluding carboxylic acids is 1. The number of nitrogens with zero attached hydrogens (tertiary/aromatic N) is 1. The van der Waals surface area contributed by atoms with Gasteiger partial charge >= 0.3 is 0 Å². The monoisotopic (exact) mass is 328 g/mol. The van der Waals surface area contributed by atoms with E-state index in [-0.39, 0.29) is 23.9 Å². The lowest BCUT2D eigenvalue weighted by atomic mass is 10.3. The third kappa shape index (κ3) is 4.39. The number of nitrogens with one attached hydrogen (secondary N) is 1. The number of halogens is 1. The van der Waals surface area contributed by atoms with Crippen LogP contribution in [0.5, 0.6) is 0 Å². The van der Waals surface area contributed by atoms with E-state index in [1.165, 1.54) is 6.07 Å². The van der Waals surface area contributed by atoms with Gasteiger partial charge in [-0.3, -0.25) is 14.9 Å². The maximum atomic E-state index is 11.3. The zero-order valence-corrected chi connectivity index (χ0v) is 11.6. The van der Waals surface area contributed by atoms with E-state index < -0.39 is 4.92 Å². The third-order valence-electron chi connectivity index (χ3n) is 1.86. The SMILES string of the molecule is C#CCNC(=O)CSc1ccc(Br)cc1[N+](=O)[O-]. The van der Waals surface area contributed by atoms with E-state index in [0.717, 1.165) is 11.8 Å². The minimum atomic E-state index is -0.480. The summed E-state index contributed by atoms with van der Waals surface area (Å²) in [4.78, 5) is 22.1. The van der Waals surface area contributed by atoms with Gasteiger partial charge in [0, 0.05) is 10.5 Å². The maximum absolute atomic E-state index is 11.3. The Labute approximate surface area is 117 Å². The van der Waals surface area contributed by atoms with Gasteiger partial charge in [0.05, 0.1) is 22.1 Å². The minimum Gasteiger partial charge on any atom is -0.344 e. The van der Waals surface area contributed by atoms with Crippen LogP contribution in [-0.4, -0.2) is 23.1 Å². The zero-order valence-electron chi connectivity index (χ0n) is 9.18. The molecule has 0 bridgehead atoms. The zero-order chi connectivity index (χ0) is 13.5. The summed E-state index contributed by atoms with van der Waals surface area (Å²) in [6.07, 6.45) is 5.00.